The van der Waals surface area contributed by atoms with E-state index >= 15 is 0 Å². The van der Waals surface area contributed by atoms with Crippen molar-refractivity contribution in [3.05, 3.63) is 70.3 Å². The number of rotatable bonds is 16. The van der Waals surface area contributed by atoms with E-state index in [9.17, 15) is 19.5 Å². The second-order valence-corrected chi connectivity index (χ2v) is 11.3. The van der Waals surface area contributed by atoms with Crippen molar-refractivity contribution in [2.45, 2.75) is 104 Å². The van der Waals surface area contributed by atoms with Crippen LogP contribution in [0.25, 0.3) is 0 Å². The molecule has 0 bridgehead atoms. The van der Waals surface area contributed by atoms with Gasteiger partial charge in [0.1, 0.15) is 0 Å². The zero-order chi connectivity index (χ0) is 32.2. The Morgan fingerprint density at radius 1 is 1.05 bits per heavy atom. The highest BCUT2D eigenvalue weighted by Crippen LogP contribution is 2.25. The summed E-state index contributed by atoms with van der Waals surface area (Å²) in [5, 5.41) is 12.6. The minimum atomic E-state index is -0.921. The summed E-state index contributed by atoms with van der Waals surface area (Å²) in [4.78, 5) is 39.1. The predicted octanol–water partition coefficient (Wildman–Crippen LogP) is 6.98. The third kappa shape index (κ3) is 13.8. The summed E-state index contributed by atoms with van der Waals surface area (Å²) in [6.45, 7) is 11.1. The van der Waals surface area contributed by atoms with Gasteiger partial charge in [-0.25, -0.2) is 19.4 Å². The summed E-state index contributed by atoms with van der Waals surface area (Å²) in [6.07, 6.45) is 9.33. The van der Waals surface area contributed by atoms with Gasteiger partial charge in [-0.3, -0.25) is 0 Å². The lowest BCUT2D eigenvalue weighted by atomic mass is 9.94. The number of carbonyl (C=O) groups excluding carboxylic acids is 2. The second kappa shape index (κ2) is 21.2. The molecule has 44 heavy (non-hydrogen) atoms. The molecule has 0 radical (unpaired) electrons. The van der Waals surface area contributed by atoms with Crippen LogP contribution >= 0.6 is 0 Å². The van der Waals surface area contributed by atoms with E-state index in [1.807, 2.05) is 42.2 Å². The summed E-state index contributed by atoms with van der Waals surface area (Å²) in [5.41, 5.74) is 4.06. The molecule has 0 aromatic heterocycles. The van der Waals surface area contributed by atoms with Gasteiger partial charge >= 0.3 is 12.0 Å². The van der Waals surface area contributed by atoms with Crippen molar-refractivity contribution < 1.29 is 29.0 Å². The number of aliphatic imine (C=N–C) groups is 1. The lowest BCUT2D eigenvalue weighted by Crippen LogP contribution is -2.42. The first-order valence-electron chi connectivity index (χ1n) is 16.0. The Hall–Kier alpha value is -3.52. The van der Waals surface area contributed by atoms with Gasteiger partial charge in [0.15, 0.2) is 0 Å². The number of urea groups is 1. The summed E-state index contributed by atoms with van der Waals surface area (Å²) in [5.74, 6) is -0.921. The summed E-state index contributed by atoms with van der Waals surface area (Å²) in [7, 11) is 0. The van der Waals surface area contributed by atoms with Gasteiger partial charge in [-0.1, -0.05) is 74.7 Å². The van der Waals surface area contributed by atoms with E-state index in [0.717, 1.165) is 62.5 Å². The van der Waals surface area contributed by atoms with Crippen LogP contribution in [0.2, 0.25) is 0 Å². The fraction of sp³-hybridized carbons (Fsp3) is 0.571. The van der Waals surface area contributed by atoms with E-state index in [-0.39, 0.29) is 24.8 Å². The van der Waals surface area contributed by atoms with E-state index < -0.39 is 5.97 Å². The average Bonchev–Trinajstić information content (AvgIpc) is 3.00. The number of isocyanates is 1. The Morgan fingerprint density at radius 3 is 2.45 bits per heavy atom. The van der Waals surface area contributed by atoms with Crippen LogP contribution in [0.3, 0.4) is 0 Å². The fourth-order valence-electron chi connectivity index (χ4n) is 5.15. The molecule has 9 nitrogen and oxygen atoms in total. The van der Waals surface area contributed by atoms with Gasteiger partial charge in [-0.15, -0.1) is 0 Å². The number of aromatic carboxylic acids is 1. The Labute approximate surface area is 263 Å². The molecule has 0 heterocycles. The molecule has 0 aliphatic heterocycles. The smallest absolute Gasteiger partial charge is 0.336 e. The number of amides is 2. The van der Waals surface area contributed by atoms with Gasteiger partial charge < -0.3 is 24.8 Å². The minimum Gasteiger partial charge on any atom is -0.478 e. The minimum absolute atomic E-state index is 0.0293. The van der Waals surface area contributed by atoms with Crippen LogP contribution in [0.15, 0.2) is 47.5 Å². The second-order valence-electron chi connectivity index (χ2n) is 11.3. The topological polar surface area (TPSA) is 118 Å². The summed E-state index contributed by atoms with van der Waals surface area (Å²) in [6, 6.07) is 13.7. The third-order valence-corrected chi connectivity index (χ3v) is 7.58. The van der Waals surface area contributed by atoms with Gasteiger partial charge in [0, 0.05) is 19.6 Å². The maximum atomic E-state index is 12.9. The molecule has 1 saturated carbocycles. The first-order valence-corrected chi connectivity index (χ1v) is 16.0. The number of nitrogens with zero attached hydrogens (tertiary/aromatic N) is 2. The van der Waals surface area contributed by atoms with Crippen molar-refractivity contribution in [2.24, 2.45) is 4.99 Å². The van der Waals surface area contributed by atoms with Crippen molar-refractivity contribution in [2.75, 3.05) is 26.2 Å². The predicted molar refractivity (Wildman–Crippen MR) is 173 cm³/mol. The normalized spacial score (nSPS) is 15.8. The Morgan fingerprint density at radius 2 is 1.77 bits per heavy atom. The van der Waals surface area contributed by atoms with E-state index in [1.165, 1.54) is 11.6 Å². The van der Waals surface area contributed by atoms with E-state index in [2.05, 4.69) is 43.2 Å². The number of carboxylic acid groups (broad SMARTS) is 1. The molecule has 3 rings (SSSR count). The molecule has 2 N–H and O–H groups in total. The highest BCUT2D eigenvalue weighted by atomic mass is 16.5. The van der Waals surface area contributed by atoms with Gasteiger partial charge in [0.05, 0.1) is 37.5 Å². The molecule has 2 aromatic carbocycles. The standard InChI is InChI=1S/C30H42N2O5.C5H9NO/c1-4-5-15-31-30(35)32(20-24-11-6-9-22(2)18-24)16-17-36-26-13-8-14-27(19-26)37-21-25-12-7-10-23(3)28(25)29(33)34;1-2-3-4-6-5-7/h6-7,9-12,18,26-27H,4-5,8,13-17,19-21H2,1-3H3,(H,31,35)(H,33,34);2-4H2,1H3. The summed E-state index contributed by atoms with van der Waals surface area (Å²) >= 11 is 0. The fourth-order valence-corrected chi connectivity index (χ4v) is 5.15. The molecule has 2 aromatic rings. The number of unbranched alkanes of at least 4 members (excludes halogenated alkanes) is 2. The quantitative estimate of drug-likeness (QED) is 0.120. The van der Waals surface area contributed by atoms with Gasteiger partial charge in [0.2, 0.25) is 6.08 Å². The number of ether oxygens (including phenoxy) is 2. The van der Waals surface area contributed by atoms with Crippen molar-refractivity contribution in [3.63, 3.8) is 0 Å². The Balaban J connectivity index is 0.000000860. The van der Waals surface area contributed by atoms with Crippen LogP contribution in [0.5, 0.6) is 0 Å². The zero-order valence-corrected chi connectivity index (χ0v) is 27.0. The maximum absolute atomic E-state index is 12.9. The monoisotopic (exact) mass is 609 g/mol. The van der Waals surface area contributed by atoms with Crippen LogP contribution in [-0.2, 0) is 27.4 Å². The lowest BCUT2D eigenvalue weighted by molar-refractivity contribution is -0.0526. The maximum Gasteiger partial charge on any atom is 0.336 e. The van der Waals surface area contributed by atoms with Crippen LogP contribution in [0, 0.1) is 13.8 Å². The van der Waals surface area contributed by atoms with Crippen LogP contribution in [-0.4, -0.2) is 66.5 Å². The number of carboxylic acids is 1. The largest absolute Gasteiger partial charge is 0.478 e. The molecule has 0 saturated heterocycles. The van der Waals surface area contributed by atoms with Crippen LogP contribution in [0.1, 0.15) is 97.8 Å². The summed E-state index contributed by atoms with van der Waals surface area (Å²) < 4.78 is 12.4. The number of benzene rings is 2. The van der Waals surface area contributed by atoms with Crippen molar-refractivity contribution in [3.8, 4) is 0 Å². The molecular weight excluding hydrogens is 558 g/mol. The number of aryl methyl sites for hydroxylation is 2. The first-order chi connectivity index (χ1) is 21.3. The zero-order valence-electron chi connectivity index (χ0n) is 27.0. The molecule has 1 fully saturated rings. The van der Waals surface area contributed by atoms with Crippen molar-refractivity contribution in [1.29, 1.82) is 0 Å². The highest BCUT2D eigenvalue weighted by Gasteiger charge is 2.24. The van der Waals surface area contributed by atoms with Crippen molar-refractivity contribution in [1.82, 2.24) is 10.2 Å². The SMILES string of the molecule is CCCCN=C=O.CCCCNC(=O)N(CCOC1CCCC(OCc2cccc(C)c2C(=O)O)C1)Cc1cccc(C)c1. The van der Waals surface area contributed by atoms with Crippen molar-refractivity contribution >= 4 is 18.1 Å². The third-order valence-electron chi connectivity index (χ3n) is 7.58. The Kier molecular flexibility index (Phi) is 17.7. The molecular formula is C35H51N3O6. The molecule has 1 aliphatic rings. The average molecular weight is 610 g/mol. The lowest BCUT2D eigenvalue weighted by Gasteiger charge is -2.30. The van der Waals surface area contributed by atoms with Gasteiger partial charge in [-0.05, 0) is 69.1 Å². The number of hydrogen-bond donors (Lipinski definition) is 2. The highest BCUT2D eigenvalue weighted by molar-refractivity contribution is 5.91. The van der Waals surface area contributed by atoms with E-state index in [1.54, 1.807) is 0 Å². The van der Waals surface area contributed by atoms with Gasteiger partial charge in [-0.2, -0.15) is 0 Å². The first kappa shape index (κ1) is 36.7. The molecule has 9 heteroatoms. The number of hydrogen-bond acceptors (Lipinski definition) is 6. The molecule has 2 unspecified atom stereocenters. The van der Waals surface area contributed by atoms with Crippen LogP contribution < -0.4 is 5.32 Å². The number of nitrogens with one attached hydrogen (secondary N) is 1. The molecule has 1 aliphatic carbocycles. The number of carbonyl (C=O) groups is 2. The Bertz CT molecular complexity index is 1200. The molecule has 0 spiro atoms. The van der Waals surface area contributed by atoms with E-state index in [4.69, 9.17) is 9.47 Å². The van der Waals surface area contributed by atoms with E-state index in [0.29, 0.717) is 43.9 Å². The van der Waals surface area contributed by atoms with Crippen LogP contribution in [0.4, 0.5) is 4.79 Å². The molecule has 2 atom stereocenters. The van der Waals surface area contributed by atoms with Gasteiger partial charge in [0.25, 0.3) is 0 Å². The molecule has 2 amide bonds. The molecule has 242 valence electrons.